The van der Waals surface area contributed by atoms with Crippen molar-refractivity contribution in [2.24, 2.45) is 0 Å². The molecule has 5 nitrogen and oxygen atoms in total. The van der Waals surface area contributed by atoms with Crippen molar-refractivity contribution in [2.45, 2.75) is 57.7 Å². The van der Waals surface area contributed by atoms with Crippen LogP contribution in [0, 0.1) is 6.92 Å². The SMILES string of the molecule is Cc1nccn1CC1CCCN1C(=O)CC1CCCN1.Cl.Cl. The number of amides is 1. The standard InChI is InChI=1S/C15H24N4O.2ClH/c1-12-16-7-9-18(12)11-14-5-3-8-19(14)15(20)10-13-4-2-6-17-13;;/h7,9,13-14,17H,2-6,8,10-11H2,1H3;2*1H. The predicted octanol–water partition coefficient (Wildman–Crippen LogP) is 2.17. The number of rotatable bonds is 4. The highest BCUT2D eigenvalue weighted by molar-refractivity contribution is 5.85. The number of hydrogen-bond donors (Lipinski definition) is 1. The topological polar surface area (TPSA) is 50.2 Å². The first kappa shape index (κ1) is 19.3. The average molecular weight is 349 g/mol. The van der Waals surface area contributed by atoms with E-state index in [2.05, 4.69) is 19.8 Å². The van der Waals surface area contributed by atoms with Crippen molar-refractivity contribution >= 4 is 30.7 Å². The normalized spacial score (nSPS) is 24.0. The van der Waals surface area contributed by atoms with E-state index in [9.17, 15) is 4.79 Å². The van der Waals surface area contributed by atoms with Gasteiger partial charge in [-0.3, -0.25) is 4.79 Å². The number of aryl methyl sites for hydroxylation is 1. The van der Waals surface area contributed by atoms with Gasteiger partial charge in [-0.1, -0.05) is 0 Å². The number of nitrogens with one attached hydrogen (secondary N) is 1. The smallest absolute Gasteiger partial charge is 0.224 e. The van der Waals surface area contributed by atoms with Crippen molar-refractivity contribution in [3.05, 3.63) is 18.2 Å². The molecule has 0 spiro atoms. The van der Waals surface area contributed by atoms with Gasteiger partial charge in [-0.05, 0) is 39.2 Å². The van der Waals surface area contributed by atoms with Gasteiger partial charge < -0.3 is 14.8 Å². The first-order valence-electron chi connectivity index (χ1n) is 7.74. The number of halogens is 2. The summed E-state index contributed by atoms with van der Waals surface area (Å²) in [6.45, 7) is 4.89. The minimum atomic E-state index is 0. The molecule has 0 radical (unpaired) electrons. The summed E-state index contributed by atoms with van der Waals surface area (Å²) in [6, 6.07) is 0.746. The lowest BCUT2D eigenvalue weighted by Gasteiger charge is -2.26. The Kier molecular flexibility index (Phi) is 7.66. The first-order chi connectivity index (χ1) is 9.74. The molecule has 0 aliphatic carbocycles. The highest BCUT2D eigenvalue weighted by atomic mass is 35.5. The summed E-state index contributed by atoms with van der Waals surface area (Å²) in [4.78, 5) is 18.8. The third kappa shape index (κ3) is 4.37. The minimum absolute atomic E-state index is 0. The van der Waals surface area contributed by atoms with Gasteiger partial charge in [0.15, 0.2) is 0 Å². The van der Waals surface area contributed by atoms with E-state index in [1.165, 1.54) is 6.42 Å². The Labute approximate surface area is 144 Å². The van der Waals surface area contributed by atoms with E-state index in [1.807, 2.05) is 19.3 Å². The average Bonchev–Trinajstić information content (AvgIpc) is 3.13. The van der Waals surface area contributed by atoms with Crippen molar-refractivity contribution in [1.82, 2.24) is 19.8 Å². The third-order valence-electron chi connectivity index (χ3n) is 4.61. The molecule has 2 saturated heterocycles. The summed E-state index contributed by atoms with van der Waals surface area (Å²) in [5, 5.41) is 3.42. The summed E-state index contributed by atoms with van der Waals surface area (Å²) in [7, 11) is 0. The first-order valence-corrected chi connectivity index (χ1v) is 7.74. The molecule has 0 aromatic carbocycles. The summed E-state index contributed by atoms with van der Waals surface area (Å²) >= 11 is 0. The van der Waals surface area contributed by atoms with Gasteiger partial charge in [0.1, 0.15) is 5.82 Å². The molecule has 2 fully saturated rings. The Morgan fingerprint density at radius 1 is 1.36 bits per heavy atom. The molecule has 1 aromatic heterocycles. The summed E-state index contributed by atoms with van der Waals surface area (Å²) in [5.74, 6) is 1.35. The molecule has 2 aliphatic heterocycles. The maximum Gasteiger partial charge on any atom is 0.224 e. The molecular formula is C15H26Cl2N4O. The van der Waals surface area contributed by atoms with Crippen molar-refractivity contribution in [3.63, 3.8) is 0 Å². The molecule has 0 bridgehead atoms. The second-order valence-electron chi connectivity index (χ2n) is 6.01. The Morgan fingerprint density at radius 3 is 2.82 bits per heavy atom. The molecule has 22 heavy (non-hydrogen) atoms. The lowest BCUT2D eigenvalue weighted by Crippen LogP contribution is -2.40. The summed E-state index contributed by atoms with van der Waals surface area (Å²) < 4.78 is 2.16. The van der Waals surface area contributed by atoms with Crippen LogP contribution in [0.3, 0.4) is 0 Å². The highest BCUT2D eigenvalue weighted by Gasteiger charge is 2.30. The van der Waals surface area contributed by atoms with Gasteiger partial charge in [0.2, 0.25) is 5.91 Å². The van der Waals surface area contributed by atoms with E-state index >= 15 is 0 Å². The van der Waals surface area contributed by atoms with E-state index in [-0.39, 0.29) is 24.8 Å². The molecule has 1 aromatic rings. The zero-order valence-electron chi connectivity index (χ0n) is 13.0. The molecular weight excluding hydrogens is 323 g/mol. The van der Waals surface area contributed by atoms with Crippen molar-refractivity contribution in [3.8, 4) is 0 Å². The number of aromatic nitrogens is 2. The quantitative estimate of drug-likeness (QED) is 0.906. The molecule has 2 unspecified atom stereocenters. The van der Waals surface area contributed by atoms with Crippen molar-refractivity contribution in [2.75, 3.05) is 13.1 Å². The van der Waals surface area contributed by atoms with Crippen molar-refractivity contribution in [1.29, 1.82) is 0 Å². The van der Waals surface area contributed by atoms with Crippen LogP contribution >= 0.6 is 24.8 Å². The minimum Gasteiger partial charge on any atom is -0.338 e. The van der Waals surface area contributed by atoms with Crippen LogP contribution in [0.1, 0.15) is 37.9 Å². The molecule has 7 heteroatoms. The van der Waals surface area contributed by atoms with Crippen LogP contribution in [0.4, 0.5) is 0 Å². The fourth-order valence-corrected chi connectivity index (χ4v) is 3.44. The van der Waals surface area contributed by atoms with E-state index in [1.54, 1.807) is 0 Å². The molecule has 126 valence electrons. The van der Waals surface area contributed by atoms with E-state index in [0.717, 1.165) is 44.7 Å². The molecule has 3 rings (SSSR count). The van der Waals surface area contributed by atoms with Gasteiger partial charge in [0.25, 0.3) is 0 Å². The van der Waals surface area contributed by atoms with Crippen LogP contribution < -0.4 is 5.32 Å². The van der Waals surface area contributed by atoms with Crippen LogP contribution in [0.15, 0.2) is 12.4 Å². The van der Waals surface area contributed by atoms with Crippen LogP contribution in [0.5, 0.6) is 0 Å². The van der Waals surface area contributed by atoms with E-state index in [0.29, 0.717) is 24.4 Å². The molecule has 3 heterocycles. The molecule has 0 saturated carbocycles. The second kappa shape index (κ2) is 8.75. The van der Waals surface area contributed by atoms with Crippen LogP contribution in [0.2, 0.25) is 0 Å². The molecule has 2 aliphatic rings. The number of carbonyl (C=O) groups excluding carboxylic acids is 1. The third-order valence-corrected chi connectivity index (χ3v) is 4.61. The number of nitrogens with zero attached hydrogens (tertiary/aromatic N) is 3. The zero-order chi connectivity index (χ0) is 13.9. The van der Waals surface area contributed by atoms with E-state index in [4.69, 9.17) is 0 Å². The fourth-order valence-electron chi connectivity index (χ4n) is 3.44. The van der Waals surface area contributed by atoms with Gasteiger partial charge in [0.05, 0.1) is 0 Å². The highest BCUT2D eigenvalue weighted by Crippen LogP contribution is 2.22. The Morgan fingerprint density at radius 2 is 2.18 bits per heavy atom. The fraction of sp³-hybridized carbons (Fsp3) is 0.733. The monoisotopic (exact) mass is 348 g/mol. The number of likely N-dealkylation sites (tertiary alicyclic amines) is 1. The number of imidazole rings is 1. The largest absolute Gasteiger partial charge is 0.338 e. The van der Waals surface area contributed by atoms with Crippen molar-refractivity contribution < 1.29 is 4.79 Å². The maximum atomic E-state index is 12.5. The Bertz CT molecular complexity index is 474. The molecule has 1 amide bonds. The van der Waals surface area contributed by atoms with Gasteiger partial charge in [-0.2, -0.15) is 0 Å². The summed E-state index contributed by atoms with van der Waals surface area (Å²) in [5.41, 5.74) is 0. The van der Waals surface area contributed by atoms with Crippen LogP contribution in [-0.4, -0.2) is 45.5 Å². The summed E-state index contributed by atoms with van der Waals surface area (Å²) in [6.07, 6.45) is 9.09. The van der Waals surface area contributed by atoms with E-state index < -0.39 is 0 Å². The van der Waals surface area contributed by atoms with Crippen LogP contribution in [0.25, 0.3) is 0 Å². The van der Waals surface area contributed by atoms with Crippen LogP contribution in [-0.2, 0) is 11.3 Å². The number of carbonyl (C=O) groups is 1. The zero-order valence-corrected chi connectivity index (χ0v) is 14.7. The van der Waals surface area contributed by atoms with Gasteiger partial charge in [-0.15, -0.1) is 24.8 Å². The molecule has 1 N–H and O–H groups in total. The lowest BCUT2D eigenvalue weighted by atomic mass is 10.1. The maximum absolute atomic E-state index is 12.5. The number of hydrogen-bond acceptors (Lipinski definition) is 3. The Hall–Kier alpha value is -0.780. The lowest BCUT2D eigenvalue weighted by molar-refractivity contribution is -0.132. The Balaban J connectivity index is 0.00000121. The predicted molar refractivity (Wildman–Crippen MR) is 91.8 cm³/mol. The van der Waals surface area contributed by atoms with Gasteiger partial charge >= 0.3 is 0 Å². The van der Waals surface area contributed by atoms with Gasteiger partial charge in [-0.25, -0.2) is 4.98 Å². The molecule has 2 atom stereocenters. The van der Waals surface area contributed by atoms with Gasteiger partial charge in [0, 0.05) is 44.0 Å². The second-order valence-corrected chi connectivity index (χ2v) is 6.01.